The number of aromatic nitrogens is 2. The largest absolute Gasteiger partial charge is 0.382 e. The number of fused-ring (bicyclic) bond motifs is 1. The van der Waals surface area contributed by atoms with Crippen LogP contribution >= 0.6 is 11.6 Å². The first-order valence-electron chi connectivity index (χ1n) is 9.79. The van der Waals surface area contributed by atoms with E-state index in [4.69, 9.17) is 17.3 Å². The SMILES string of the molecule is Cc1cc(N)nn1C(=O)c1ccc(CNc2cc(Cl)c(C(=O)C=O)c3ccccc23)cc1. The number of nitrogens with one attached hydrogen (secondary N) is 1. The number of carbonyl (C=O) groups is 3. The summed E-state index contributed by atoms with van der Waals surface area (Å²) in [6, 6.07) is 17.7. The van der Waals surface area contributed by atoms with E-state index in [0.717, 1.165) is 16.6 Å². The van der Waals surface area contributed by atoms with Gasteiger partial charge in [0.15, 0.2) is 6.29 Å². The van der Waals surface area contributed by atoms with Gasteiger partial charge < -0.3 is 11.1 Å². The van der Waals surface area contributed by atoms with Crippen LogP contribution in [0.25, 0.3) is 10.8 Å². The molecule has 0 radical (unpaired) electrons. The van der Waals surface area contributed by atoms with Crippen LogP contribution in [-0.4, -0.2) is 27.8 Å². The molecule has 160 valence electrons. The molecule has 0 saturated carbocycles. The fourth-order valence-corrected chi connectivity index (χ4v) is 3.89. The monoisotopic (exact) mass is 446 g/mol. The van der Waals surface area contributed by atoms with Gasteiger partial charge in [-0.15, -0.1) is 5.10 Å². The molecule has 3 N–H and O–H groups in total. The van der Waals surface area contributed by atoms with Crippen molar-refractivity contribution in [3.8, 4) is 0 Å². The first-order chi connectivity index (χ1) is 15.4. The van der Waals surface area contributed by atoms with Crippen molar-refractivity contribution in [3.63, 3.8) is 0 Å². The van der Waals surface area contributed by atoms with Gasteiger partial charge >= 0.3 is 0 Å². The minimum atomic E-state index is -0.660. The van der Waals surface area contributed by atoms with Crippen molar-refractivity contribution in [2.45, 2.75) is 13.5 Å². The Morgan fingerprint density at radius 1 is 1.09 bits per heavy atom. The molecule has 8 heteroatoms. The van der Waals surface area contributed by atoms with E-state index >= 15 is 0 Å². The van der Waals surface area contributed by atoms with Crippen LogP contribution in [0.15, 0.2) is 60.7 Å². The molecule has 32 heavy (non-hydrogen) atoms. The number of benzene rings is 3. The minimum absolute atomic E-state index is 0.195. The lowest BCUT2D eigenvalue weighted by atomic mass is 10.00. The van der Waals surface area contributed by atoms with Crippen molar-refractivity contribution in [1.29, 1.82) is 0 Å². The van der Waals surface area contributed by atoms with Crippen molar-refractivity contribution < 1.29 is 14.4 Å². The molecule has 0 spiro atoms. The molecule has 4 aromatic rings. The van der Waals surface area contributed by atoms with Crippen molar-refractivity contribution >= 4 is 51.9 Å². The third-order valence-electron chi connectivity index (χ3n) is 5.13. The molecule has 3 aromatic carbocycles. The fraction of sp³-hybridized carbons (Fsp3) is 0.0833. The number of halogens is 1. The third-order valence-corrected chi connectivity index (χ3v) is 5.43. The topological polar surface area (TPSA) is 107 Å². The summed E-state index contributed by atoms with van der Waals surface area (Å²) in [6.07, 6.45) is 0.267. The van der Waals surface area contributed by atoms with E-state index in [-0.39, 0.29) is 22.8 Å². The Bertz CT molecular complexity index is 1360. The molecule has 0 aliphatic carbocycles. The highest BCUT2D eigenvalue weighted by molar-refractivity contribution is 6.44. The summed E-state index contributed by atoms with van der Waals surface area (Å²) in [5.74, 6) is -0.623. The lowest BCUT2D eigenvalue weighted by Gasteiger charge is -2.14. The highest BCUT2D eigenvalue weighted by atomic mass is 35.5. The Morgan fingerprint density at radius 3 is 2.41 bits per heavy atom. The number of nitrogens with two attached hydrogens (primary N) is 1. The average Bonchev–Trinajstić information content (AvgIpc) is 3.14. The van der Waals surface area contributed by atoms with Crippen LogP contribution in [0.4, 0.5) is 11.5 Å². The summed E-state index contributed by atoms with van der Waals surface area (Å²) in [5.41, 5.74) is 8.68. The maximum absolute atomic E-state index is 12.6. The Hall–Kier alpha value is -3.97. The second kappa shape index (κ2) is 8.64. The Morgan fingerprint density at radius 2 is 1.78 bits per heavy atom. The number of hydrogen-bond donors (Lipinski definition) is 2. The molecule has 0 atom stereocenters. The van der Waals surface area contributed by atoms with Gasteiger partial charge in [-0.05, 0) is 36.1 Å². The number of nitrogen functional groups attached to an aromatic ring is 1. The zero-order valence-corrected chi connectivity index (χ0v) is 17.9. The van der Waals surface area contributed by atoms with E-state index < -0.39 is 5.78 Å². The quantitative estimate of drug-likeness (QED) is 0.260. The van der Waals surface area contributed by atoms with Gasteiger partial charge in [-0.25, -0.2) is 0 Å². The summed E-state index contributed by atoms with van der Waals surface area (Å²) in [6.45, 7) is 2.23. The van der Waals surface area contributed by atoms with Crippen LogP contribution in [0.3, 0.4) is 0 Å². The Balaban J connectivity index is 1.57. The minimum Gasteiger partial charge on any atom is -0.382 e. The fourth-order valence-electron chi connectivity index (χ4n) is 3.59. The average molecular weight is 447 g/mol. The van der Waals surface area contributed by atoms with E-state index in [0.29, 0.717) is 29.0 Å². The zero-order chi connectivity index (χ0) is 22.8. The molecule has 0 amide bonds. The molecule has 0 fully saturated rings. The Labute approximate surface area is 188 Å². The number of rotatable bonds is 6. The molecular formula is C24H19ClN4O3. The maximum atomic E-state index is 12.6. The number of carbonyl (C=O) groups excluding carboxylic acids is 3. The third kappa shape index (κ3) is 3.98. The van der Waals surface area contributed by atoms with Gasteiger partial charge in [0.1, 0.15) is 5.82 Å². The van der Waals surface area contributed by atoms with E-state index in [9.17, 15) is 14.4 Å². The number of aldehydes is 1. The van der Waals surface area contributed by atoms with Gasteiger partial charge in [-0.2, -0.15) is 4.68 Å². The van der Waals surface area contributed by atoms with Crippen molar-refractivity contribution in [1.82, 2.24) is 9.78 Å². The van der Waals surface area contributed by atoms with Crippen molar-refractivity contribution in [2.75, 3.05) is 11.1 Å². The van der Waals surface area contributed by atoms with Crippen LogP contribution < -0.4 is 11.1 Å². The molecule has 7 nitrogen and oxygen atoms in total. The van der Waals surface area contributed by atoms with Gasteiger partial charge in [0, 0.05) is 34.9 Å². The molecule has 0 unspecified atom stereocenters. The second-order valence-corrected chi connectivity index (χ2v) is 7.69. The molecule has 0 aliphatic rings. The van der Waals surface area contributed by atoms with Crippen LogP contribution in [0.1, 0.15) is 32.0 Å². The van der Waals surface area contributed by atoms with Crippen molar-refractivity contribution in [3.05, 3.63) is 88.1 Å². The number of anilines is 2. The predicted molar refractivity (Wildman–Crippen MR) is 124 cm³/mol. The molecule has 0 saturated heterocycles. The first-order valence-corrected chi connectivity index (χ1v) is 10.2. The van der Waals surface area contributed by atoms with E-state index in [1.807, 2.05) is 24.3 Å². The molecule has 1 aromatic heterocycles. The lowest BCUT2D eigenvalue weighted by molar-refractivity contribution is -0.104. The zero-order valence-electron chi connectivity index (χ0n) is 17.1. The second-order valence-electron chi connectivity index (χ2n) is 7.29. The van der Waals surface area contributed by atoms with Gasteiger partial charge in [0.25, 0.3) is 5.91 Å². The molecule has 1 heterocycles. The standard InChI is InChI=1S/C24H19ClN4O3/c1-14-10-22(26)28-29(14)24(32)16-8-6-15(7-9-16)12-27-20-11-19(25)23(21(31)13-30)18-5-3-2-4-17(18)20/h2-11,13,27H,12H2,1H3,(H2,26,28). The van der Waals surface area contributed by atoms with Gasteiger partial charge in [0.2, 0.25) is 5.78 Å². The summed E-state index contributed by atoms with van der Waals surface area (Å²) < 4.78 is 1.28. The number of Topliss-reactive ketones (excluding diaryl/α,β-unsaturated/α-hetero) is 1. The summed E-state index contributed by atoms with van der Waals surface area (Å²) in [4.78, 5) is 35.7. The summed E-state index contributed by atoms with van der Waals surface area (Å²) in [7, 11) is 0. The Kier molecular flexibility index (Phi) is 5.75. The van der Waals surface area contributed by atoms with Gasteiger partial charge in [-0.3, -0.25) is 14.4 Å². The summed E-state index contributed by atoms with van der Waals surface area (Å²) >= 11 is 6.32. The number of hydrogen-bond acceptors (Lipinski definition) is 6. The van der Waals surface area contributed by atoms with Crippen LogP contribution in [0.2, 0.25) is 5.02 Å². The molecule has 0 bridgehead atoms. The van der Waals surface area contributed by atoms with Gasteiger partial charge in [0.05, 0.1) is 10.6 Å². The van der Waals surface area contributed by atoms with Crippen LogP contribution in [0, 0.1) is 6.92 Å². The predicted octanol–water partition coefficient (Wildman–Crippen LogP) is 4.26. The number of ketones is 1. The highest BCUT2D eigenvalue weighted by Crippen LogP contribution is 2.33. The lowest BCUT2D eigenvalue weighted by Crippen LogP contribution is -2.15. The number of nitrogens with zero attached hydrogens (tertiary/aromatic N) is 2. The van der Waals surface area contributed by atoms with E-state index in [2.05, 4.69) is 10.4 Å². The van der Waals surface area contributed by atoms with Gasteiger partial charge in [-0.1, -0.05) is 48.0 Å². The van der Waals surface area contributed by atoms with E-state index in [1.165, 1.54) is 4.68 Å². The molecule has 4 rings (SSSR count). The van der Waals surface area contributed by atoms with E-state index in [1.54, 1.807) is 43.3 Å². The van der Waals surface area contributed by atoms with Crippen LogP contribution in [0.5, 0.6) is 0 Å². The molecular weight excluding hydrogens is 428 g/mol. The first kappa shape index (κ1) is 21.3. The summed E-state index contributed by atoms with van der Waals surface area (Å²) in [5, 5.41) is 8.93. The van der Waals surface area contributed by atoms with Crippen LogP contribution in [-0.2, 0) is 11.3 Å². The highest BCUT2D eigenvalue weighted by Gasteiger charge is 2.17. The molecule has 0 aliphatic heterocycles. The number of aryl methyl sites for hydroxylation is 1. The maximum Gasteiger partial charge on any atom is 0.278 e. The van der Waals surface area contributed by atoms with Crippen molar-refractivity contribution in [2.24, 2.45) is 0 Å². The normalized spacial score (nSPS) is 10.8. The smallest absolute Gasteiger partial charge is 0.278 e.